The zero-order chi connectivity index (χ0) is 18.9. The van der Waals surface area contributed by atoms with Gasteiger partial charge in [0.15, 0.2) is 5.96 Å². The average Bonchev–Trinajstić information content (AvgIpc) is 3.08. The van der Waals surface area contributed by atoms with Crippen molar-refractivity contribution in [3.05, 3.63) is 0 Å². The smallest absolute Gasteiger partial charge is 0.239 e. The Bertz CT molecular complexity index is 467. The lowest BCUT2D eigenvalue weighted by atomic mass is 9.93. The van der Waals surface area contributed by atoms with E-state index in [9.17, 15) is 9.90 Å². The Morgan fingerprint density at radius 2 is 1.93 bits per heavy atom. The second-order valence-electron chi connectivity index (χ2n) is 7.69. The first kappa shape index (κ1) is 24.4. The predicted octanol–water partition coefficient (Wildman–Crippen LogP) is 1.41. The van der Waals surface area contributed by atoms with E-state index in [1.807, 2.05) is 14.1 Å². The van der Waals surface area contributed by atoms with Crippen LogP contribution in [0.15, 0.2) is 4.99 Å². The summed E-state index contributed by atoms with van der Waals surface area (Å²) in [6.07, 6.45) is 6.62. The van der Waals surface area contributed by atoms with E-state index in [1.54, 1.807) is 4.90 Å². The van der Waals surface area contributed by atoms with Crippen molar-refractivity contribution in [2.45, 2.75) is 70.1 Å². The third-order valence-electron chi connectivity index (χ3n) is 5.34. The lowest BCUT2D eigenvalue weighted by molar-refractivity contribution is -0.133. The van der Waals surface area contributed by atoms with Crippen LogP contribution in [0.3, 0.4) is 0 Å². The molecule has 0 spiro atoms. The van der Waals surface area contributed by atoms with Crippen molar-refractivity contribution in [2.75, 3.05) is 40.3 Å². The number of aliphatic hydroxyl groups excluding tert-OH is 1. The molecular weight excluding hydrogens is 457 g/mol. The van der Waals surface area contributed by atoms with Crippen LogP contribution in [0.25, 0.3) is 0 Å². The number of halogens is 1. The number of hydrogen-bond donors (Lipinski definition) is 3. The maximum absolute atomic E-state index is 12.2. The first-order valence-corrected chi connectivity index (χ1v) is 10.2. The van der Waals surface area contributed by atoms with Crippen LogP contribution >= 0.6 is 24.0 Å². The molecule has 3 N–H and O–H groups in total. The number of aliphatic imine (C=N–C) groups is 1. The van der Waals surface area contributed by atoms with Gasteiger partial charge in [-0.3, -0.25) is 14.7 Å². The van der Waals surface area contributed by atoms with Gasteiger partial charge in [0.1, 0.15) is 0 Å². The summed E-state index contributed by atoms with van der Waals surface area (Å²) in [5.41, 5.74) is 0. The van der Waals surface area contributed by atoms with E-state index in [0.29, 0.717) is 6.04 Å². The number of carbonyl (C=O) groups excluding carboxylic acids is 1. The van der Waals surface area contributed by atoms with Crippen molar-refractivity contribution in [3.63, 3.8) is 0 Å². The van der Waals surface area contributed by atoms with Gasteiger partial charge in [0, 0.05) is 39.8 Å². The molecule has 1 amide bonds. The zero-order valence-electron chi connectivity index (χ0n) is 17.1. The molecule has 2 rings (SSSR count). The normalized spacial score (nSPS) is 26.4. The van der Waals surface area contributed by atoms with E-state index < -0.39 is 0 Å². The molecule has 8 heteroatoms. The summed E-state index contributed by atoms with van der Waals surface area (Å²) >= 11 is 0. The molecule has 1 unspecified atom stereocenters. The molecule has 1 heterocycles. The van der Waals surface area contributed by atoms with E-state index in [2.05, 4.69) is 22.5 Å². The summed E-state index contributed by atoms with van der Waals surface area (Å²) < 4.78 is 0. The summed E-state index contributed by atoms with van der Waals surface area (Å²) in [6, 6.07) is 0.450. The van der Waals surface area contributed by atoms with Gasteiger partial charge in [-0.2, -0.15) is 0 Å². The summed E-state index contributed by atoms with van der Waals surface area (Å²) in [5, 5.41) is 16.4. The maximum Gasteiger partial charge on any atom is 0.239 e. The molecule has 1 aliphatic carbocycles. The molecule has 1 aliphatic heterocycles. The van der Waals surface area contributed by atoms with Crippen LogP contribution in [0.2, 0.25) is 0 Å². The van der Waals surface area contributed by atoms with Crippen LogP contribution < -0.4 is 10.6 Å². The minimum atomic E-state index is -0.133. The van der Waals surface area contributed by atoms with E-state index >= 15 is 0 Å². The Morgan fingerprint density at radius 1 is 1.22 bits per heavy atom. The van der Waals surface area contributed by atoms with Crippen LogP contribution in [-0.2, 0) is 4.79 Å². The van der Waals surface area contributed by atoms with Crippen LogP contribution in [0, 0.1) is 0 Å². The van der Waals surface area contributed by atoms with Crippen molar-refractivity contribution >= 4 is 35.8 Å². The minimum Gasteiger partial charge on any atom is -0.393 e. The molecule has 2 fully saturated rings. The number of likely N-dealkylation sites (tertiary alicyclic amines) is 1. The Kier molecular flexibility index (Phi) is 11.6. The van der Waals surface area contributed by atoms with E-state index in [4.69, 9.17) is 4.99 Å². The highest BCUT2D eigenvalue weighted by molar-refractivity contribution is 14.0. The van der Waals surface area contributed by atoms with Gasteiger partial charge in [-0.15, -0.1) is 24.0 Å². The predicted molar refractivity (Wildman–Crippen MR) is 121 cm³/mol. The number of amides is 1. The highest BCUT2D eigenvalue weighted by Gasteiger charge is 2.31. The minimum absolute atomic E-state index is 0. The molecule has 1 saturated heterocycles. The third kappa shape index (κ3) is 8.11. The van der Waals surface area contributed by atoms with Gasteiger partial charge in [0.25, 0.3) is 0 Å². The van der Waals surface area contributed by atoms with E-state index in [0.717, 1.165) is 77.1 Å². The number of nitrogens with zero attached hydrogens (tertiary/aromatic N) is 3. The quantitative estimate of drug-likeness (QED) is 0.216. The van der Waals surface area contributed by atoms with Gasteiger partial charge < -0.3 is 20.6 Å². The molecule has 158 valence electrons. The summed E-state index contributed by atoms with van der Waals surface area (Å²) in [6.45, 7) is 5.60. The lowest BCUT2D eigenvalue weighted by Crippen LogP contribution is -2.45. The monoisotopic (exact) mass is 495 g/mol. The topological polar surface area (TPSA) is 80.2 Å². The molecule has 0 aromatic carbocycles. The first-order chi connectivity index (χ1) is 12.5. The molecule has 0 radical (unpaired) electrons. The lowest BCUT2D eigenvalue weighted by Gasteiger charge is -2.28. The largest absolute Gasteiger partial charge is 0.393 e. The van der Waals surface area contributed by atoms with Crippen LogP contribution in [0.1, 0.15) is 51.9 Å². The van der Waals surface area contributed by atoms with Gasteiger partial charge in [0.2, 0.25) is 5.91 Å². The maximum atomic E-state index is 12.2. The number of likely N-dealkylation sites (N-methyl/N-ethyl adjacent to an activating group) is 1. The number of nitrogens with one attached hydrogen (secondary N) is 2. The molecule has 2 aliphatic rings. The Morgan fingerprint density at radius 3 is 2.56 bits per heavy atom. The van der Waals surface area contributed by atoms with Crippen molar-refractivity contribution < 1.29 is 9.90 Å². The fraction of sp³-hybridized carbons (Fsp3) is 0.895. The van der Waals surface area contributed by atoms with Crippen molar-refractivity contribution in [1.29, 1.82) is 0 Å². The molecule has 0 aromatic heterocycles. The van der Waals surface area contributed by atoms with Gasteiger partial charge in [0.05, 0.1) is 12.1 Å². The number of rotatable bonds is 7. The Hall–Kier alpha value is -0.610. The summed E-state index contributed by atoms with van der Waals surface area (Å²) in [4.78, 5) is 21.0. The highest BCUT2D eigenvalue weighted by atomic mass is 127. The SMILES string of the molecule is CCNC(=NCCCN1CCCC1C(=O)N(C)C)NC1CCC(O)CC1.I. The number of carbonyl (C=O) groups is 1. The van der Waals surface area contributed by atoms with Crippen LogP contribution in [0.5, 0.6) is 0 Å². The Balaban J connectivity index is 0.00000364. The van der Waals surface area contributed by atoms with Crippen LogP contribution in [0.4, 0.5) is 0 Å². The van der Waals surface area contributed by atoms with E-state index in [1.165, 1.54) is 0 Å². The standard InChI is InChI=1S/C19H37N5O2.HI/c1-4-20-19(22-15-8-10-16(25)11-9-15)21-12-6-14-24-13-5-7-17(24)18(26)23(2)3;/h15-17,25H,4-14H2,1-3H3,(H2,20,21,22);1H. The zero-order valence-corrected chi connectivity index (χ0v) is 19.4. The van der Waals surface area contributed by atoms with Crippen molar-refractivity contribution in [1.82, 2.24) is 20.4 Å². The molecule has 1 atom stereocenters. The second kappa shape index (κ2) is 12.8. The average molecular weight is 495 g/mol. The fourth-order valence-corrected chi connectivity index (χ4v) is 3.87. The molecular formula is C19H38IN5O2. The molecule has 1 saturated carbocycles. The van der Waals surface area contributed by atoms with Gasteiger partial charge in [-0.05, 0) is 58.4 Å². The van der Waals surface area contributed by atoms with Gasteiger partial charge >= 0.3 is 0 Å². The molecule has 0 bridgehead atoms. The molecule has 27 heavy (non-hydrogen) atoms. The van der Waals surface area contributed by atoms with Crippen molar-refractivity contribution in [3.8, 4) is 0 Å². The molecule has 0 aromatic rings. The summed E-state index contributed by atoms with van der Waals surface area (Å²) in [5.74, 6) is 1.09. The van der Waals surface area contributed by atoms with Crippen LogP contribution in [-0.4, -0.2) is 85.2 Å². The van der Waals surface area contributed by atoms with Crippen molar-refractivity contribution in [2.24, 2.45) is 4.99 Å². The highest BCUT2D eigenvalue weighted by Crippen LogP contribution is 2.19. The number of hydrogen-bond acceptors (Lipinski definition) is 4. The molecule has 7 nitrogen and oxygen atoms in total. The fourth-order valence-electron chi connectivity index (χ4n) is 3.87. The second-order valence-corrected chi connectivity index (χ2v) is 7.69. The van der Waals surface area contributed by atoms with Gasteiger partial charge in [-0.25, -0.2) is 0 Å². The summed E-state index contributed by atoms with van der Waals surface area (Å²) in [7, 11) is 3.67. The first-order valence-electron chi connectivity index (χ1n) is 10.2. The van der Waals surface area contributed by atoms with E-state index in [-0.39, 0.29) is 42.0 Å². The number of guanidine groups is 1. The Labute approximate surface area is 181 Å². The van der Waals surface area contributed by atoms with Gasteiger partial charge in [-0.1, -0.05) is 0 Å². The number of aliphatic hydroxyl groups is 1. The third-order valence-corrected chi connectivity index (χ3v) is 5.34.